The molecule has 5 N–H and O–H groups in total. The molecule has 1 heterocycles. The number of rotatable bonds is 10. The van der Waals surface area contributed by atoms with Gasteiger partial charge >= 0.3 is 18.1 Å². The molecule has 0 aliphatic carbocycles. The van der Waals surface area contributed by atoms with Gasteiger partial charge in [-0.15, -0.1) is 0 Å². The van der Waals surface area contributed by atoms with Gasteiger partial charge in [-0.25, -0.2) is 9.78 Å². The first-order valence-corrected chi connectivity index (χ1v) is 10.7. The fourth-order valence-corrected chi connectivity index (χ4v) is 3.27. The first-order chi connectivity index (χ1) is 15.3. The average Bonchev–Trinajstić information content (AvgIpc) is 2.68. The molecule has 1 aromatic heterocycles. The van der Waals surface area contributed by atoms with Gasteiger partial charge in [0.05, 0.1) is 17.5 Å². The van der Waals surface area contributed by atoms with Crippen molar-refractivity contribution in [2.24, 2.45) is 5.41 Å². The highest BCUT2D eigenvalue weighted by Crippen LogP contribution is 2.31. The highest BCUT2D eigenvalue weighted by molar-refractivity contribution is 9.10. The van der Waals surface area contributed by atoms with Gasteiger partial charge in [0.1, 0.15) is 11.6 Å². The number of halogens is 4. The zero-order chi connectivity index (χ0) is 25.1. The number of benzene rings is 1. The molecule has 8 nitrogen and oxygen atoms in total. The maximum atomic E-state index is 10.9. The largest absolute Gasteiger partial charge is 0.492 e. The molecule has 0 radical (unpaired) electrons. The minimum atomic E-state index is -5.08. The average molecular weight is 553 g/mol. The maximum Gasteiger partial charge on any atom is 0.490 e. The van der Waals surface area contributed by atoms with Gasteiger partial charge in [0.2, 0.25) is 0 Å². The van der Waals surface area contributed by atoms with E-state index in [1.54, 1.807) is 6.20 Å². The minimum absolute atomic E-state index is 0. The van der Waals surface area contributed by atoms with Crippen LogP contribution < -0.4 is 10.1 Å². The number of carbonyl (C=O) groups is 2. The zero-order valence-corrected chi connectivity index (χ0v) is 20.2. The Labute approximate surface area is 203 Å². The molecule has 12 heteroatoms. The van der Waals surface area contributed by atoms with Gasteiger partial charge in [0.25, 0.3) is 0 Å². The molecule has 0 saturated carbocycles. The van der Waals surface area contributed by atoms with Crippen LogP contribution in [0.3, 0.4) is 0 Å². The third kappa shape index (κ3) is 13.0. The van der Waals surface area contributed by atoms with E-state index in [4.69, 9.17) is 19.7 Å². The van der Waals surface area contributed by atoms with Gasteiger partial charge in [-0.3, -0.25) is 4.79 Å². The van der Waals surface area contributed by atoms with Crippen LogP contribution in [0.1, 0.15) is 32.3 Å². The third-order valence-corrected chi connectivity index (χ3v) is 4.72. The molecule has 0 spiro atoms. The molecule has 0 saturated heterocycles. The molecule has 1 aromatic carbocycles. The van der Waals surface area contributed by atoms with E-state index in [2.05, 4.69) is 26.2 Å². The molecule has 190 valence electrons. The molecule has 0 unspecified atom stereocenters. The van der Waals surface area contributed by atoms with Gasteiger partial charge in [-0.2, -0.15) is 13.2 Å². The van der Waals surface area contributed by atoms with E-state index in [9.17, 15) is 18.0 Å². The van der Waals surface area contributed by atoms with E-state index < -0.39 is 18.1 Å². The number of hydrogen-bond donors (Lipinski definition) is 3. The molecule has 0 bridgehead atoms. The van der Waals surface area contributed by atoms with Crippen molar-refractivity contribution in [2.75, 3.05) is 18.5 Å². The first-order valence-electron chi connectivity index (χ1n) is 9.88. The standard InChI is InChI=1S/C20H25BrN2O3.C2HF3O2.H2O/c1-20(2,14-19(24)25)13-15-7-8-17(16(21)12-15)26-11-5-10-23-18-6-3-4-9-22-18;3-2(4,5)1(6)7;/h3-4,6-9,12H,5,10-11,13-14H2,1-2H3,(H,22,23)(H,24,25);(H,6,7);1H2. The summed E-state index contributed by atoms with van der Waals surface area (Å²) in [5.41, 5.74) is 0.803. The van der Waals surface area contributed by atoms with E-state index >= 15 is 0 Å². The van der Waals surface area contributed by atoms with Crippen LogP contribution in [-0.4, -0.2) is 51.9 Å². The summed E-state index contributed by atoms with van der Waals surface area (Å²) in [7, 11) is 0. The number of aliphatic carboxylic acids is 2. The Bertz CT molecular complexity index is 911. The smallest absolute Gasteiger partial charge is 0.490 e. The molecule has 34 heavy (non-hydrogen) atoms. The van der Waals surface area contributed by atoms with E-state index in [-0.39, 0.29) is 17.3 Å². The van der Waals surface area contributed by atoms with Gasteiger partial charge in [0.15, 0.2) is 0 Å². The minimum Gasteiger partial charge on any atom is -0.492 e. The monoisotopic (exact) mass is 552 g/mol. The Balaban J connectivity index is 0.00000119. The van der Waals surface area contributed by atoms with Crippen LogP contribution in [0.15, 0.2) is 47.1 Å². The Morgan fingerprint density at radius 2 is 1.79 bits per heavy atom. The summed E-state index contributed by atoms with van der Waals surface area (Å²) < 4.78 is 38.4. The number of nitrogens with zero attached hydrogens (tertiary/aromatic N) is 1. The molecule has 0 aliphatic heterocycles. The summed E-state index contributed by atoms with van der Waals surface area (Å²) >= 11 is 3.54. The predicted octanol–water partition coefficient (Wildman–Crippen LogP) is 4.58. The van der Waals surface area contributed by atoms with Crippen molar-refractivity contribution >= 4 is 33.7 Å². The van der Waals surface area contributed by atoms with Crippen molar-refractivity contribution in [3.8, 4) is 5.75 Å². The normalized spacial score (nSPS) is 10.9. The van der Waals surface area contributed by atoms with Crippen molar-refractivity contribution in [1.82, 2.24) is 4.98 Å². The fraction of sp³-hybridized carbons (Fsp3) is 0.409. The van der Waals surface area contributed by atoms with E-state index in [0.29, 0.717) is 13.0 Å². The Morgan fingerprint density at radius 1 is 1.15 bits per heavy atom. The summed E-state index contributed by atoms with van der Waals surface area (Å²) in [4.78, 5) is 24.1. The van der Waals surface area contributed by atoms with Crippen molar-refractivity contribution in [2.45, 2.75) is 39.3 Å². The summed E-state index contributed by atoms with van der Waals surface area (Å²) in [6.45, 7) is 5.32. The number of nitrogens with one attached hydrogen (secondary N) is 1. The van der Waals surface area contributed by atoms with Gasteiger partial charge in [-0.1, -0.05) is 26.0 Å². The van der Waals surface area contributed by atoms with Crippen LogP contribution in [-0.2, 0) is 16.0 Å². The van der Waals surface area contributed by atoms with Gasteiger partial charge in [-0.05, 0) is 64.0 Å². The van der Waals surface area contributed by atoms with Crippen molar-refractivity contribution in [3.63, 3.8) is 0 Å². The molecular weight excluding hydrogens is 525 g/mol. The van der Waals surface area contributed by atoms with Crippen LogP contribution in [0.5, 0.6) is 5.75 Å². The zero-order valence-electron chi connectivity index (χ0n) is 18.7. The number of carboxylic acid groups (broad SMARTS) is 2. The summed E-state index contributed by atoms with van der Waals surface area (Å²) in [6, 6.07) is 11.7. The van der Waals surface area contributed by atoms with Gasteiger partial charge < -0.3 is 25.7 Å². The van der Waals surface area contributed by atoms with Crippen LogP contribution in [0.25, 0.3) is 0 Å². The highest BCUT2D eigenvalue weighted by atomic mass is 79.9. The van der Waals surface area contributed by atoms with E-state index in [0.717, 1.165) is 34.6 Å². The molecule has 0 aliphatic rings. The first kappa shape index (κ1) is 31.1. The summed E-state index contributed by atoms with van der Waals surface area (Å²) in [6.07, 6.45) is -1.62. The van der Waals surface area contributed by atoms with Crippen LogP contribution >= 0.6 is 15.9 Å². The number of ether oxygens (including phenoxy) is 1. The number of pyridine rings is 1. The number of anilines is 1. The lowest BCUT2D eigenvalue weighted by Gasteiger charge is -2.22. The van der Waals surface area contributed by atoms with E-state index in [1.807, 2.05) is 50.2 Å². The third-order valence-electron chi connectivity index (χ3n) is 4.10. The number of carboxylic acids is 2. The topological polar surface area (TPSA) is 140 Å². The second-order valence-corrected chi connectivity index (χ2v) is 8.68. The molecule has 2 rings (SSSR count). The second kappa shape index (κ2) is 14.4. The lowest BCUT2D eigenvalue weighted by atomic mass is 9.83. The molecule has 0 fully saturated rings. The van der Waals surface area contributed by atoms with Crippen molar-refractivity contribution in [1.29, 1.82) is 0 Å². The van der Waals surface area contributed by atoms with Gasteiger partial charge in [0, 0.05) is 12.7 Å². The van der Waals surface area contributed by atoms with E-state index in [1.165, 1.54) is 0 Å². The number of aromatic nitrogens is 1. The lowest BCUT2D eigenvalue weighted by Crippen LogP contribution is -2.21. The van der Waals surface area contributed by atoms with Crippen molar-refractivity contribution < 1.29 is 43.2 Å². The van der Waals surface area contributed by atoms with Crippen LogP contribution in [0.4, 0.5) is 19.0 Å². The predicted molar refractivity (Wildman–Crippen MR) is 124 cm³/mol. The lowest BCUT2D eigenvalue weighted by molar-refractivity contribution is -0.192. The highest BCUT2D eigenvalue weighted by Gasteiger charge is 2.38. The Kier molecular flexibility index (Phi) is 13.2. The van der Waals surface area contributed by atoms with Crippen LogP contribution in [0.2, 0.25) is 0 Å². The summed E-state index contributed by atoms with van der Waals surface area (Å²) in [5, 5.41) is 19.4. The maximum absolute atomic E-state index is 10.9. The molecule has 0 atom stereocenters. The number of hydrogen-bond acceptors (Lipinski definition) is 5. The second-order valence-electron chi connectivity index (χ2n) is 7.82. The quantitative estimate of drug-likeness (QED) is 0.366. The Hall–Kier alpha value is -2.86. The summed E-state index contributed by atoms with van der Waals surface area (Å²) in [5.74, 6) is -1.87. The Morgan fingerprint density at radius 3 is 2.29 bits per heavy atom. The number of alkyl halides is 3. The molecular formula is C22H28BrF3N2O6. The fourth-order valence-electron chi connectivity index (χ4n) is 2.73. The molecule has 0 amide bonds. The van der Waals surface area contributed by atoms with Crippen molar-refractivity contribution in [3.05, 3.63) is 52.6 Å². The van der Waals surface area contributed by atoms with Crippen LogP contribution in [0, 0.1) is 5.41 Å². The molecule has 2 aromatic rings. The SMILES string of the molecule is CC(C)(CC(=O)O)Cc1ccc(OCCCNc2ccccn2)c(Br)c1.O.O=C(O)C(F)(F)F.